The zero-order chi connectivity index (χ0) is 11.8. The molecule has 0 spiro atoms. The van der Waals surface area contributed by atoms with Crippen molar-refractivity contribution in [2.24, 2.45) is 0 Å². The first-order valence-corrected chi connectivity index (χ1v) is 5.51. The Balaban J connectivity index is 2.21. The van der Waals surface area contributed by atoms with Gasteiger partial charge in [-0.25, -0.2) is 9.07 Å². The monoisotopic (exact) mass is 246 g/mol. The summed E-state index contributed by atoms with van der Waals surface area (Å²) >= 11 is 5.91. The Morgan fingerprint density at radius 2 is 1.82 bits per heavy atom. The minimum Gasteiger partial charge on any atom is -0.233 e. The predicted molar refractivity (Wildman–Crippen MR) is 66.0 cm³/mol. The van der Waals surface area contributed by atoms with Gasteiger partial charge in [-0.15, -0.1) is 0 Å². The lowest BCUT2D eigenvalue weighted by Gasteiger charge is -2.03. The highest BCUT2D eigenvalue weighted by Gasteiger charge is 2.05. The Labute approximate surface area is 102 Å². The summed E-state index contributed by atoms with van der Waals surface area (Å²) in [6.45, 7) is 0. The van der Waals surface area contributed by atoms with Crippen molar-refractivity contribution in [3.05, 3.63) is 59.5 Å². The Bertz CT molecular complexity index is 673. The van der Waals surface area contributed by atoms with Crippen LogP contribution >= 0.6 is 11.6 Å². The smallest absolute Gasteiger partial charge is 0.123 e. The lowest BCUT2D eigenvalue weighted by atomic mass is 10.2. The molecule has 1 heterocycles. The first kappa shape index (κ1) is 10.3. The molecule has 0 aliphatic heterocycles. The van der Waals surface area contributed by atoms with Crippen molar-refractivity contribution in [2.45, 2.75) is 0 Å². The summed E-state index contributed by atoms with van der Waals surface area (Å²) in [6.07, 6.45) is 1.74. The molecule has 0 atom stereocenters. The van der Waals surface area contributed by atoms with Gasteiger partial charge in [0.2, 0.25) is 0 Å². The summed E-state index contributed by atoms with van der Waals surface area (Å²) in [7, 11) is 0. The van der Waals surface area contributed by atoms with Crippen molar-refractivity contribution in [2.75, 3.05) is 0 Å². The number of hydrogen-bond acceptors (Lipinski definition) is 1. The number of fused-ring (bicyclic) bond motifs is 1. The van der Waals surface area contributed by atoms with Crippen LogP contribution in [0.5, 0.6) is 0 Å². The molecule has 0 N–H and O–H groups in total. The molecule has 0 radical (unpaired) electrons. The van der Waals surface area contributed by atoms with E-state index in [2.05, 4.69) is 5.10 Å². The van der Waals surface area contributed by atoms with Crippen LogP contribution in [-0.4, -0.2) is 9.78 Å². The Hall–Kier alpha value is -1.87. The summed E-state index contributed by atoms with van der Waals surface area (Å²) in [5.41, 5.74) is 1.77. The van der Waals surface area contributed by atoms with Crippen molar-refractivity contribution >= 4 is 22.5 Å². The molecule has 3 aromatic rings. The molecule has 2 aromatic carbocycles. The largest absolute Gasteiger partial charge is 0.233 e. The summed E-state index contributed by atoms with van der Waals surface area (Å²) in [5.74, 6) is -0.256. The van der Waals surface area contributed by atoms with E-state index < -0.39 is 0 Å². The number of nitrogens with zero attached hydrogens (tertiary/aromatic N) is 2. The molecule has 17 heavy (non-hydrogen) atoms. The van der Waals surface area contributed by atoms with Crippen LogP contribution in [0.2, 0.25) is 5.02 Å². The highest BCUT2D eigenvalue weighted by Crippen LogP contribution is 2.21. The molecular weight excluding hydrogens is 239 g/mol. The van der Waals surface area contributed by atoms with Crippen molar-refractivity contribution in [1.29, 1.82) is 0 Å². The number of benzene rings is 2. The van der Waals surface area contributed by atoms with Crippen molar-refractivity contribution in [3.8, 4) is 5.69 Å². The SMILES string of the molecule is Fc1ccc(-n2ncc3cc(Cl)ccc32)cc1. The molecule has 0 fully saturated rings. The molecule has 0 bridgehead atoms. The van der Waals surface area contributed by atoms with Gasteiger partial charge in [0.25, 0.3) is 0 Å². The quantitative estimate of drug-likeness (QED) is 0.638. The van der Waals surface area contributed by atoms with E-state index in [0.717, 1.165) is 16.6 Å². The first-order valence-electron chi connectivity index (χ1n) is 5.13. The third-order valence-corrected chi connectivity index (χ3v) is 2.84. The summed E-state index contributed by atoms with van der Waals surface area (Å²) in [4.78, 5) is 0. The second-order valence-electron chi connectivity index (χ2n) is 3.74. The lowest BCUT2D eigenvalue weighted by Crippen LogP contribution is -1.95. The fourth-order valence-corrected chi connectivity index (χ4v) is 1.97. The molecule has 1 aromatic heterocycles. The van der Waals surface area contributed by atoms with Crippen LogP contribution in [0.15, 0.2) is 48.7 Å². The Morgan fingerprint density at radius 3 is 2.59 bits per heavy atom. The third-order valence-electron chi connectivity index (χ3n) is 2.60. The van der Waals surface area contributed by atoms with Crippen molar-refractivity contribution < 1.29 is 4.39 Å². The van der Waals surface area contributed by atoms with Gasteiger partial charge in [0.05, 0.1) is 17.4 Å². The topological polar surface area (TPSA) is 17.8 Å². The zero-order valence-corrected chi connectivity index (χ0v) is 9.53. The minimum atomic E-state index is -0.256. The lowest BCUT2D eigenvalue weighted by molar-refractivity contribution is 0.627. The first-order chi connectivity index (χ1) is 8.24. The maximum absolute atomic E-state index is 12.8. The number of hydrogen-bond donors (Lipinski definition) is 0. The van der Waals surface area contributed by atoms with E-state index in [1.807, 2.05) is 18.2 Å². The summed E-state index contributed by atoms with van der Waals surface area (Å²) in [5, 5.41) is 5.91. The molecule has 0 aliphatic rings. The molecule has 2 nitrogen and oxygen atoms in total. The van der Waals surface area contributed by atoms with E-state index in [9.17, 15) is 4.39 Å². The zero-order valence-electron chi connectivity index (χ0n) is 8.77. The highest BCUT2D eigenvalue weighted by molar-refractivity contribution is 6.31. The van der Waals surface area contributed by atoms with E-state index >= 15 is 0 Å². The number of rotatable bonds is 1. The van der Waals surface area contributed by atoms with Gasteiger partial charge in [0.15, 0.2) is 0 Å². The van der Waals surface area contributed by atoms with Gasteiger partial charge in [-0.2, -0.15) is 5.10 Å². The molecule has 3 rings (SSSR count). The second kappa shape index (κ2) is 3.86. The second-order valence-corrected chi connectivity index (χ2v) is 4.17. The van der Waals surface area contributed by atoms with Gasteiger partial charge >= 0.3 is 0 Å². The van der Waals surface area contributed by atoms with E-state index in [-0.39, 0.29) is 5.82 Å². The average molecular weight is 247 g/mol. The van der Waals surface area contributed by atoms with Crippen LogP contribution < -0.4 is 0 Å². The van der Waals surface area contributed by atoms with Gasteiger partial charge in [-0.05, 0) is 42.5 Å². The van der Waals surface area contributed by atoms with Gasteiger partial charge in [0, 0.05) is 10.4 Å². The molecule has 0 amide bonds. The van der Waals surface area contributed by atoms with Crippen LogP contribution in [0.3, 0.4) is 0 Å². The number of aromatic nitrogens is 2. The van der Waals surface area contributed by atoms with Gasteiger partial charge in [-0.1, -0.05) is 11.6 Å². The van der Waals surface area contributed by atoms with Crippen LogP contribution in [0.25, 0.3) is 16.6 Å². The summed E-state index contributed by atoms with van der Waals surface area (Å²) < 4.78 is 14.6. The Morgan fingerprint density at radius 1 is 1.06 bits per heavy atom. The van der Waals surface area contributed by atoms with Crippen LogP contribution in [0.4, 0.5) is 4.39 Å². The molecule has 0 aliphatic carbocycles. The van der Waals surface area contributed by atoms with Gasteiger partial charge in [0.1, 0.15) is 5.82 Å². The molecule has 0 saturated heterocycles. The minimum absolute atomic E-state index is 0.256. The molecular formula is C13H8ClFN2. The van der Waals surface area contributed by atoms with Gasteiger partial charge < -0.3 is 0 Å². The Kier molecular flexibility index (Phi) is 2.34. The van der Waals surface area contributed by atoms with Crippen LogP contribution in [0.1, 0.15) is 0 Å². The average Bonchev–Trinajstić information content (AvgIpc) is 2.73. The maximum atomic E-state index is 12.8. The third kappa shape index (κ3) is 1.78. The predicted octanol–water partition coefficient (Wildman–Crippen LogP) is 3.82. The van der Waals surface area contributed by atoms with Crippen molar-refractivity contribution in [3.63, 3.8) is 0 Å². The van der Waals surface area contributed by atoms with Gasteiger partial charge in [-0.3, -0.25) is 0 Å². The molecule has 0 unspecified atom stereocenters. The molecule has 0 saturated carbocycles. The van der Waals surface area contributed by atoms with Crippen molar-refractivity contribution in [1.82, 2.24) is 9.78 Å². The number of halogens is 2. The fourth-order valence-electron chi connectivity index (χ4n) is 1.79. The van der Waals surface area contributed by atoms with E-state index in [4.69, 9.17) is 11.6 Å². The van der Waals surface area contributed by atoms with E-state index in [0.29, 0.717) is 5.02 Å². The molecule has 4 heteroatoms. The highest BCUT2D eigenvalue weighted by atomic mass is 35.5. The van der Waals surface area contributed by atoms with E-state index in [1.165, 1.54) is 12.1 Å². The molecule has 84 valence electrons. The van der Waals surface area contributed by atoms with Crippen LogP contribution in [-0.2, 0) is 0 Å². The standard InChI is InChI=1S/C13H8ClFN2/c14-10-1-6-13-9(7-10)8-16-17(13)12-4-2-11(15)3-5-12/h1-8H. The maximum Gasteiger partial charge on any atom is 0.123 e. The van der Waals surface area contributed by atoms with E-state index in [1.54, 1.807) is 23.0 Å². The van der Waals surface area contributed by atoms with Crippen LogP contribution in [0, 0.1) is 5.82 Å². The fraction of sp³-hybridized carbons (Fsp3) is 0. The summed E-state index contributed by atoms with van der Waals surface area (Å²) in [6, 6.07) is 11.8. The normalized spacial score (nSPS) is 10.9.